The Labute approximate surface area is 38.5 Å². The van der Waals surface area contributed by atoms with Gasteiger partial charge in [0.1, 0.15) is 0 Å². The second kappa shape index (κ2) is 9.31. The van der Waals surface area contributed by atoms with Gasteiger partial charge in [0.2, 0.25) is 0 Å². The van der Waals surface area contributed by atoms with Crippen molar-refractivity contribution in [2.24, 2.45) is 0 Å². The van der Waals surface area contributed by atoms with Crippen molar-refractivity contribution in [1.29, 1.82) is 0 Å². The van der Waals surface area contributed by atoms with Crippen LogP contribution in [0.25, 0.3) is 0 Å². The molecular weight excluding hydrogens is 254 g/mol. The Morgan fingerprint density at radius 2 is 1.75 bits per heavy atom. The molecule has 28 valence electrons. The first kappa shape index (κ1) is 8.83. The van der Waals surface area contributed by atoms with Gasteiger partial charge in [-0.05, 0) is 0 Å². The molecule has 0 aliphatic rings. The molecule has 0 aromatic carbocycles. The topological polar surface area (TPSA) is 37.3 Å². The maximum atomic E-state index is 8.64. The van der Waals surface area contributed by atoms with Crippen LogP contribution in [0.4, 0.5) is 0 Å². The van der Waals surface area contributed by atoms with Crippen LogP contribution >= 0.6 is 12.4 Å². The SMILES string of the molecule is Cl.[O]=[Re][OH]. The Bertz CT molecular complexity index is 13.5. The minimum absolute atomic E-state index is 0. The van der Waals surface area contributed by atoms with Gasteiger partial charge in [0.15, 0.2) is 0 Å². The maximum absolute atomic E-state index is 8.64. The molecule has 0 saturated heterocycles. The first-order valence-corrected chi connectivity index (χ1v) is 2.65. The first-order valence-electron chi connectivity index (χ1n) is 0.323. The van der Waals surface area contributed by atoms with E-state index in [4.69, 9.17) is 7.30 Å². The number of hydrogen-bond acceptors (Lipinski definition) is 1. The van der Waals surface area contributed by atoms with Crippen molar-refractivity contribution in [3.05, 3.63) is 0 Å². The summed E-state index contributed by atoms with van der Waals surface area (Å²) < 4.78 is 15.8. The zero-order chi connectivity index (χ0) is 2.71. The summed E-state index contributed by atoms with van der Waals surface area (Å²) in [6.45, 7) is 0. The van der Waals surface area contributed by atoms with E-state index in [0.29, 0.717) is 0 Å². The summed E-state index contributed by atoms with van der Waals surface area (Å²) in [6.07, 6.45) is 0. The van der Waals surface area contributed by atoms with E-state index in [2.05, 4.69) is 0 Å². The molecule has 0 aromatic rings. The fourth-order valence-corrected chi connectivity index (χ4v) is 0. The van der Waals surface area contributed by atoms with Crippen LogP contribution in [0.1, 0.15) is 0 Å². The van der Waals surface area contributed by atoms with Crippen molar-refractivity contribution in [2.45, 2.75) is 0 Å². The predicted octanol–water partition coefficient (Wildman–Crippen LogP) is -0.256. The van der Waals surface area contributed by atoms with Crippen molar-refractivity contribution in [3.63, 3.8) is 0 Å². The van der Waals surface area contributed by atoms with E-state index in [1.165, 1.54) is 0 Å². The standard InChI is InChI=1S/ClH.H2O.O.Re/h1H;1H2;;/q;;;+1/p-1. The molecule has 0 spiro atoms. The van der Waals surface area contributed by atoms with Gasteiger partial charge in [-0.25, -0.2) is 0 Å². The van der Waals surface area contributed by atoms with Gasteiger partial charge in [-0.1, -0.05) is 0 Å². The summed E-state index contributed by atoms with van der Waals surface area (Å²) >= 11 is -1.92. The van der Waals surface area contributed by atoms with E-state index in [9.17, 15) is 0 Å². The fourth-order valence-electron chi connectivity index (χ4n) is 0. The molecule has 0 atom stereocenters. The van der Waals surface area contributed by atoms with Crippen LogP contribution in [-0.4, -0.2) is 3.83 Å². The van der Waals surface area contributed by atoms with Gasteiger partial charge in [0.25, 0.3) is 0 Å². The number of halogens is 1. The Morgan fingerprint density at radius 3 is 1.75 bits per heavy atom. The van der Waals surface area contributed by atoms with Crippen molar-refractivity contribution in [1.82, 2.24) is 0 Å². The monoisotopic (exact) mass is 256 g/mol. The summed E-state index contributed by atoms with van der Waals surface area (Å²) in [5.41, 5.74) is 0. The quantitative estimate of drug-likeness (QED) is 0.648. The molecular formula is H2ClO2Re. The van der Waals surface area contributed by atoms with Crippen LogP contribution < -0.4 is 0 Å². The summed E-state index contributed by atoms with van der Waals surface area (Å²) in [5, 5.41) is 0. The van der Waals surface area contributed by atoms with Gasteiger partial charge in [-0.2, -0.15) is 0 Å². The molecule has 0 bridgehead atoms. The van der Waals surface area contributed by atoms with Gasteiger partial charge < -0.3 is 0 Å². The third kappa shape index (κ3) is 15.7. The molecule has 0 aromatic heterocycles. The van der Waals surface area contributed by atoms with Crippen LogP contribution in [0.3, 0.4) is 0 Å². The molecule has 0 rings (SSSR count). The van der Waals surface area contributed by atoms with Crippen molar-refractivity contribution in [3.8, 4) is 0 Å². The van der Waals surface area contributed by atoms with Crippen LogP contribution in [0.5, 0.6) is 0 Å². The van der Waals surface area contributed by atoms with Crippen LogP contribution in [0, 0.1) is 0 Å². The second-order valence-corrected chi connectivity index (χ2v) is 0.565. The van der Waals surface area contributed by atoms with Gasteiger partial charge in [0, 0.05) is 0 Å². The molecule has 0 aliphatic heterocycles. The summed E-state index contributed by atoms with van der Waals surface area (Å²) in [5.74, 6) is 0. The normalized spacial score (nSPS) is 4.25. The molecule has 0 heterocycles. The van der Waals surface area contributed by atoms with Crippen molar-refractivity contribution >= 4 is 12.4 Å². The van der Waals surface area contributed by atoms with Gasteiger partial charge in [-0.15, -0.1) is 12.4 Å². The third-order valence-electron chi connectivity index (χ3n) is 0. The molecule has 2 nitrogen and oxygen atoms in total. The first-order chi connectivity index (χ1) is 1.41. The molecule has 0 amide bonds. The van der Waals surface area contributed by atoms with E-state index in [0.717, 1.165) is 0 Å². The van der Waals surface area contributed by atoms with Crippen LogP contribution in [0.2, 0.25) is 0 Å². The Hall–Kier alpha value is 0.712. The summed E-state index contributed by atoms with van der Waals surface area (Å²) in [7, 11) is 0. The van der Waals surface area contributed by atoms with E-state index < -0.39 is 18.3 Å². The van der Waals surface area contributed by atoms with Gasteiger partial charge >= 0.3 is 25.6 Å². The number of rotatable bonds is 0. The Morgan fingerprint density at radius 1 is 1.75 bits per heavy atom. The number of hydrogen-bond donors (Lipinski definition) is 1. The van der Waals surface area contributed by atoms with E-state index >= 15 is 0 Å². The fraction of sp³-hybridized carbons (Fsp3) is 0. The molecule has 0 radical (unpaired) electrons. The molecule has 4 heavy (non-hydrogen) atoms. The minimum atomic E-state index is -1.92. The summed E-state index contributed by atoms with van der Waals surface area (Å²) in [4.78, 5) is 0. The molecule has 0 aliphatic carbocycles. The van der Waals surface area contributed by atoms with Gasteiger partial charge in [0.05, 0.1) is 0 Å². The van der Waals surface area contributed by atoms with Crippen molar-refractivity contribution < 1.29 is 25.6 Å². The second-order valence-electron chi connectivity index (χ2n) is 0.0690. The van der Waals surface area contributed by atoms with Crippen LogP contribution in [0.15, 0.2) is 0 Å². The predicted molar refractivity (Wildman–Crippen MR) is 10.2 cm³/mol. The zero-order valence-corrected chi connectivity index (χ0v) is 5.17. The Kier molecular flexibility index (Phi) is 20.6. The van der Waals surface area contributed by atoms with Crippen molar-refractivity contribution in [2.75, 3.05) is 0 Å². The van der Waals surface area contributed by atoms with Gasteiger partial charge in [-0.3, -0.25) is 0 Å². The summed E-state index contributed by atoms with van der Waals surface area (Å²) in [6, 6.07) is 0. The molecule has 0 unspecified atom stereocenters. The molecule has 4 heteroatoms. The third-order valence-corrected chi connectivity index (χ3v) is 0. The average molecular weight is 256 g/mol. The van der Waals surface area contributed by atoms with E-state index in [1.807, 2.05) is 0 Å². The zero-order valence-electron chi connectivity index (χ0n) is 1.64. The van der Waals surface area contributed by atoms with E-state index in [1.54, 1.807) is 0 Å². The molecule has 0 saturated carbocycles. The van der Waals surface area contributed by atoms with Crippen LogP contribution in [-0.2, 0) is 21.8 Å². The van der Waals surface area contributed by atoms with E-state index in [-0.39, 0.29) is 12.4 Å². The average Bonchev–Trinajstić information content (AvgIpc) is 0.918. The molecule has 1 N–H and O–H groups in total. The Balaban J connectivity index is 0. The molecule has 0 fully saturated rings.